The number of H-pyrrole nitrogens is 2. The first-order chi connectivity index (χ1) is 15.3. The SMILES string of the molecule is Cc1[nH]c(C(=O)NCCC(=O)O)c(C)c1-c1nc2cc(C(=O)c3ccccc3)ccc2[nH]1. The maximum Gasteiger partial charge on any atom is 0.305 e. The van der Waals surface area contributed by atoms with Gasteiger partial charge in [0.1, 0.15) is 11.5 Å². The Bertz CT molecular complexity index is 1340. The fraction of sp³-hybridized carbons (Fsp3) is 0.167. The number of hydrogen-bond donors (Lipinski definition) is 4. The Labute approximate surface area is 183 Å². The molecule has 2 aromatic heterocycles. The summed E-state index contributed by atoms with van der Waals surface area (Å²) in [7, 11) is 0. The Balaban J connectivity index is 1.64. The van der Waals surface area contributed by atoms with Crippen LogP contribution in [-0.2, 0) is 4.79 Å². The van der Waals surface area contributed by atoms with E-state index in [9.17, 15) is 14.4 Å². The molecule has 1 amide bonds. The lowest BCUT2D eigenvalue weighted by Gasteiger charge is -2.03. The second kappa shape index (κ2) is 8.50. The number of aromatic nitrogens is 3. The number of ketones is 1. The van der Waals surface area contributed by atoms with E-state index >= 15 is 0 Å². The van der Waals surface area contributed by atoms with Gasteiger partial charge in [-0.25, -0.2) is 4.98 Å². The van der Waals surface area contributed by atoms with Crippen LogP contribution in [0.1, 0.15) is 44.1 Å². The lowest BCUT2D eigenvalue weighted by atomic mass is 10.0. The number of fused-ring (bicyclic) bond motifs is 1. The van der Waals surface area contributed by atoms with Crippen LogP contribution in [0.3, 0.4) is 0 Å². The minimum Gasteiger partial charge on any atom is -0.481 e. The van der Waals surface area contributed by atoms with Gasteiger partial charge in [-0.2, -0.15) is 0 Å². The molecule has 4 N–H and O–H groups in total. The molecule has 0 saturated heterocycles. The smallest absolute Gasteiger partial charge is 0.305 e. The van der Waals surface area contributed by atoms with Crippen molar-refractivity contribution in [2.24, 2.45) is 0 Å². The third-order valence-corrected chi connectivity index (χ3v) is 5.31. The third-order valence-electron chi connectivity index (χ3n) is 5.31. The number of carboxylic acid groups (broad SMARTS) is 1. The summed E-state index contributed by atoms with van der Waals surface area (Å²) < 4.78 is 0. The van der Waals surface area contributed by atoms with Crippen molar-refractivity contribution in [1.82, 2.24) is 20.3 Å². The van der Waals surface area contributed by atoms with E-state index in [2.05, 4.69) is 20.3 Å². The van der Waals surface area contributed by atoms with E-state index < -0.39 is 5.97 Å². The van der Waals surface area contributed by atoms with Crippen LogP contribution < -0.4 is 5.32 Å². The average Bonchev–Trinajstić information content (AvgIpc) is 3.32. The number of aryl methyl sites for hydroxylation is 1. The number of hydrogen-bond acceptors (Lipinski definition) is 4. The number of amides is 1. The molecule has 0 bridgehead atoms. The van der Waals surface area contributed by atoms with Crippen molar-refractivity contribution in [3.8, 4) is 11.4 Å². The Morgan fingerprint density at radius 2 is 1.75 bits per heavy atom. The van der Waals surface area contributed by atoms with Crippen molar-refractivity contribution in [2.75, 3.05) is 6.54 Å². The number of carboxylic acids is 1. The molecule has 4 rings (SSSR count). The summed E-state index contributed by atoms with van der Waals surface area (Å²) in [5.74, 6) is -0.839. The fourth-order valence-electron chi connectivity index (χ4n) is 3.73. The van der Waals surface area contributed by atoms with Crippen LogP contribution in [-0.4, -0.2) is 44.3 Å². The summed E-state index contributed by atoms with van der Waals surface area (Å²) in [6, 6.07) is 14.4. The standard InChI is InChI=1S/C24H22N4O4/c1-13-20(14(2)26-21(13)24(32)25-11-10-19(29)30)23-27-17-9-8-16(12-18(17)28-23)22(31)15-6-4-3-5-7-15/h3-9,12,26H,10-11H2,1-2H3,(H,25,32)(H,27,28)(H,29,30). The number of benzene rings is 2. The van der Waals surface area contributed by atoms with Crippen LogP contribution in [0.25, 0.3) is 22.4 Å². The van der Waals surface area contributed by atoms with E-state index in [1.54, 1.807) is 24.3 Å². The van der Waals surface area contributed by atoms with Gasteiger partial charge >= 0.3 is 5.97 Å². The first kappa shape index (κ1) is 21.0. The molecule has 0 aliphatic heterocycles. The number of nitrogens with zero attached hydrogens (tertiary/aromatic N) is 1. The van der Waals surface area contributed by atoms with Gasteiger partial charge in [0.2, 0.25) is 0 Å². The molecule has 0 unspecified atom stereocenters. The highest BCUT2D eigenvalue weighted by molar-refractivity contribution is 6.10. The monoisotopic (exact) mass is 430 g/mol. The second-order valence-corrected chi connectivity index (χ2v) is 7.54. The van der Waals surface area contributed by atoms with Crippen molar-refractivity contribution in [3.05, 3.63) is 76.6 Å². The maximum absolute atomic E-state index is 12.8. The molecule has 0 aliphatic rings. The first-order valence-corrected chi connectivity index (χ1v) is 10.1. The number of rotatable bonds is 7. The van der Waals surface area contributed by atoms with E-state index in [4.69, 9.17) is 5.11 Å². The van der Waals surface area contributed by atoms with Crippen LogP contribution in [0.4, 0.5) is 0 Å². The van der Waals surface area contributed by atoms with Gasteiger partial charge in [0, 0.05) is 28.9 Å². The second-order valence-electron chi connectivity index (χ2n) is 7.54. The molecule has 0 spiro atoms. The van der Waals surface area contributed by atoms with Gasteiger partial charge in [0.05, 0.1) is 17.5 Å². The van der Waals surface area contributed by atoms with Crippen molar-refractivity contribution < 1.29 is 19.5 Å². The van der Waals surface area contributed by atoms with Gasteiger partial charge in [-0.15, -0.1) is 0 Å². The minimum absolute atomic E-state index is 0.0455. The Hall–Kier alpha value is -4.20. The fourth-order valence-corrected chi connectivity index (χ4v) is 3.73. The molecule has 162 valence electrons. The van der Waals surface area contributed by atoms with Gasteiger partial charge < -0.3 is 20.4 Å². The van der Waals surface area contributed by atoms with Gasteiger partial charge in [0.15, 0.2) is 5.78 Å². The lowest BCUT2D eigenvalue weighted by molar-refractivity contribution is -0.136. The summed E-state index contributed by atoms with van der Waals surface area (Å²) in [6.45, 7) is 3.69. The normalized spacial score (nSPS) is 10.9. The van der Waals surface area contributed by atoms with E-state index in [1.165, 1.54) is 0 Å². The topological polar surface area (TPSA) is 128 Å². The number of carbonyl (C=O) groups excluding carboxylic acids is 2. The highest BCUT2D eigenvalue weighted by atomic mass is 16.4. The molecule has 0 fully saturated rings. The lowest BCUT2D eigenvalue weighted by Crippen LogP contribution is -2.26. The molecule has 8 heteroatoms. The Morgan fingerprint density at radius 1 is 1.00 bits per heavy atom. The molecular weight excluding hydrogens is 408 g/mol. The quantitative estimate of drug-likeness (QED) is 0.333. The highest BCUT2D eigenvalue weighted by Gasteiger charge is 2.21. The van der Waals surface area contributed by atoms with Crippen molar-refractivity contribution >= 4 is 28.7 Å². The van der Waals surface area contributed by atoms with E-state index in [-0.39, 0.29) is 24.7 Å². The molecule has 0 radical (unpaired) electrons. The van der Waals surface area contributed by atoms with Gasteiger partial charge in [0.25, 0.3) is 5.91 Å². The molecule has 4 aromatic rings. The summed E-state index contributed by atoms with van der Waals surface area (Å²) in [5, 5.41) is 11.3. The van der Waals surface area contributed by atoms with E-state index in [1.807, 2.05) is 38.1 Å². The first-order valence-electron chi connectivity index (χ1n) is 10.1. The predicted molar refractivity (Wildman–Crippen MR) is 120 cm³/mol. The van der Waals surface area contributed by atoms with E-state index in [0.717, 1.165) is 16.8 Å². The molecular formula is C24H22N4O4. The van der Waals surface area contributed by atoms with Gasteiger partial charge in [-0.3, -0.25) is 14.4 Å². The number of aliphatic carboxylic acids is 1. The minimum atomic E-state index is -0.974. The molecule has 32 heavy (non-hydrogen) atoms. The zero-order valence-corrected chi connectivity index (χ0v) is 17.7. The van der Waals surface area contributed by atoms with Crippen molar-refractivity contribution in [2.45, 2.75) is 20.3 Å². The van der Waals surface area contributed by atoms with Crippen LogP contribution in [0.5, 0.6) is 0 Å². The average molecular weight is 430 g/mol. The van der Waals surface area contributed by atoms with E-state index in [0.29, 0.717) is 33.7 Å². The Kier molecular flexibility index (Phi) is 5.59. The number of imidazole rings is 1. The molecule has 8 nitrogen and oxygen atoms in total. The van der Waals surface area contributed by atoms with Crippen LogP contribution in [0, 0.1) is 13.8 Å². The van der Waals surface area contributed by atoms with Gasteiger partial charge in [-0.05, 0) is 37.6 Å². The summed E-state index contributed by atoms with van der Waals surface area (Å²) in [4.78, 5) is 46.9. The zero-order valence-electron chi connectivity index (χ0n) is 17.7. The summed E-state index contributed by atoms with van der Waals surface area (Å²) in [6.07, 6.45) is -0.148. The third kappa shape index (κ3) is 4.02. The summed E-state index contributed by atoms with van der Waals surface area (Å²) >= 11 is 0. The van der Waals surface area contributed by atoms with Crippen molar-refractivity contribution in [3.63, 3.8) is 0 Å². The Morgan fingerprint density at radius 3 is 2.47 bits per heavy atom. The molecule has 0 aliphatic carbocycles. The zero-order chi connectivity index (χ0) is 22.8. The predicted octanol–water partition coefficient (Wildman–Crippen LogP) is 3.61. The number of aromatic amines is 2. The maximum atomic E-state index is 12.8. The number of nitrogens with one attached hydrogen (secondary N) is 3. The molecule has 2 aromatic carbocycles. The molecule has 2 heterocycles. The number of carbonyl (C=O) groups is 3. The van der Waals surface area contributed by atoms with Crippen LogP contribution in [0.15, 0.2) is 48.5 Å². The molecule has 0 saturated carbocycles. The van der Waals surface area contributed by atoms with Crippen LogP contribution in [0.2, 0.25) is 0 Å². The summed E-state index contributed by atoms with van der Waals surface area (Å²) in [5.41, 5.74) is 5.16. The molecule has 0 atom stereocenters. The van der Waals surface area contributed by atoms with Crippen molar-refractivity contribution in [1.29, 1.82) is 0 Å². The highest BCUT2D eigenvalue weighted by Crippen LogP contribution is 2.29. The van der Waals surface area contributed by atoms with Crippen LogP contribution >= 0.6 is 0 Å². The van der Waals surface area contributed by atoms with Gasteiger partial charge in [-0.1, -0.05) is 30.3 Å². The largest absolute Gasteiger partial charge is 0.481 e.